The third-order valence-electron chi connectivity index (χ3n) is 2.80. The van der Waals surface area contributed by atoms with Crippen LogP contribution in [0.3, 0.4) is 0 Å². The van der Waals surface area contributed by atoms with Gasteiger partial charge in [-0.05, 0) is 48.4 Å². The minimum atomic E-state index is -0.408. The molecule has 5 heteroatoms. The first-order chi connectivity index (χ1) is 9.45. The Labute approximate surface area is 131 Å². The van der Waals surface area contributed by atoms with E-state index in [1.54, 1.807) is 18.2 Å². The van der Waals surface area contributed by atoms with E-state index < -0.39 is 5.82 Å². The summed E-state index contributed by atoms with van der Waals surface area (Å²) in [6.07, 6.45) is 0.661. The van der Waals surface area contributed by atoms with Crippen molar-refractivity contribution in [2.45, 2.75) is 12.8 Å². The average Bonchev–Trinajstić information content (AvgIpc) is 2.38. The molecule has 0 heterocycles. The van der Waals surface area contributed by atoms with Gasteiger partial charge in [0.2, 0.25) is 0 Å². The Morgan fingerprint density at radius 2 is 1.75 bits per heavy atom. The van der Waals surface area contributed by atoms with E-state index in [9.17, 15) is 9.18 Å². The predicted octanol–water partition coefficient (Wildman–Crippen LogP) is 5.60. The van der Waals surface area contributed by atoms with Crippen LogP contribution in [0.5, 0.6) is 0 Å². The van der Waals surface area contributed by atoms with Crippen LogP contribution in [0.25, 0.3) is 0 Å². The zero-order valence-electron chi connectivity index (χ0n) is 10.3. The summed E-state index contributed by atoms with van der Waals surface area (Å²) in [5, 5.41) is 1.06. The Morgan fingerprint density at radius 1 is 1.00 bits per heavy atom. The van der Waals surface area contributed by atoms with Crippen LogP contribution < -0.4 is 0 Å². The summed E-state index contributed by atoms with van der Waals surface area (Å²) in [4.78, 5) is 12.0. The molecule has 104 valence electrons. The number of benzene rings is 2. The lowest BCUT2D eigenvalue weighted by atomic mass is 10.0. The molecule has 0 bridgehead atoms. The van der Waals surface area contributed by atoms with Crippen LogP contribution in [0.1, 0.15) is 22.3 Å². The van der Waals surface area contributed by atoms with Crippen molar-refractivity contribution in [3.63, 3.8) is 0 Å². The van der Waals surface area contributed by atoms with Crippen molar-refractivity contribution in [3.05, 3.63) is 68.4 Å². The van der Waals surface area contributed by atoms with Gasteiger partial charge in [0.1, 0.15) is 5.82 Å². The second-order valence-corrected chi connectivity index (χ2v) is 5.58. The first-order valence-electron chi connectivity index (χ1n) is 5.89. The van der Waals surface area contributed by atoms with Crippen LogP contribution in [0, 0.1) is 5.82 Å². The summed E-state index contributed by atoms with van der Waals surface area (Å²) in [6.45, 7) is 0. The highest BCUT2D eigenvalue weighted by Gasteiger charge is 2.09. The van der Waals surface area contributed by atoms with E-state index >= 15 is 0 Å². The second-order valence-electron chi connectivity index (χ2n) is 4.33. The molecule has 0 aliphatic carbocycles. The zero-order valence-corrected chi connectivity index (χ0v) is 12.6. The van der Waals surface area contributed by atoms with E-state index in [1.807, 2.05) is 0 Å². The summed E-state index contributed by atoms with van der Waals surface area (Å²) in [7, 11) is 0. The maximum atomic E-state index is 13.2. The molecule has 2 aromatic rings. The minimum absolute atomic E-state index is 0.0797. The van der Waals surface area contributed by atoms with E-state index in [1.165, 1.54) is 18.2 Å². The fraction of sp³-hybridized carbons (Fsp3) is 0.133. The van der Waals surface area contributed by atoms with Gasteiger partial charge in [-0.1, -0.05) is 34.8 Å². The quantitative estimate of drug-likeness (QED) is 0.666. The molecule has 1 nitrogen and oxygen atoms in total. The molecule has 0 fully saturated rings. The lowest BCUT2D eigenvalue weighted by molar-refractivity contribution is 0.0983. The van der Waals surface area contributed by atoms with E-state index in [4.69, 9.17) is 34.8 Å². The molecule has 0 atom stereocenters. The molecule has 0 amide bonds. The molecule has 0 saturated carbocycles. The van der Waals surface area contributed by atoms with E-state index in [2.05, 4.69) is 0 Å². The van der Waals surface area contributed by atoms with Crippen molar-refractivity contribution in [1.29, 1.82) is 0 Å². The zero-order chi connectivity index (χ0) is 14.7. The Kier molecular flexibility index (Phi) is 5.03. The highest BCUT2D eigenvalue weighted by Crippen LogP contribution is 2.23. The van der Waals surface area contributed by atoms with Gasteiger partial charge < -0.3 is 0 Å². The number of carbonyl (C=O) groups excluding carboxylic acids is 1. The van der Waals surface area contributed by atoms with Gasteiger partial charge in [-0.2, -0.15) is 0 Å². The molecule has 20 heavy (non-hydrogen) atoms. The van der Waals surface area contributed by atoms with Crippen molar-refractivity contribution in [2.24, 2.45) is 0 Å². The number of halogens is 4. The summed E-state index contributed by atoms with van der Waals surface area (Å²) in [5.74, 6) is -0.488. The van der Waals surface area contributed by atoms with Gasteiger partial charge >= 0.3 is 0 Å². The Morgan fingerprint density at radius 3 is 2.40 bits per heavy atom. The number of ketones is 1. The van der Waals surface area contributed by atoms with Crippen LogP contribution >= 0.6 is 34.8 Å². The highest BCUT2D eigenvalue weighted by molar-refractivity contribution is 6.42. The van der Waals surface area contributed by atoms with Crippen LogP contribution in [0.4, 0.5) is 4.39 Å². The van der Waals surface area contributed by atoms with Crippen LogP contribution in [0.15, 0.2) is 36.4 Å². The molecule has 0 saturated heterocycles. The van der Waals surface area contributed by atoms with Crippen molar-refractivity contribution < 1.29 is 9.18 Å². The third-order valence-corrected chi connectivity index (χ3v) is 3.76. The number of rotatable bonds is 4. The SMILES string of the molecule is O=C(CCc1cc(F)cc(Cl)c1)c1ccc(Cl)c(Cl)c1. The van der Waals surface area contributed by atoms with Gasteiger partial charge in [0.15, 0.2) is 5.78 Å². The summed E-state index contributed by atoms with van der Waals surface area (Å²) < 4.78 is 13.2. The molecule has 2 aromatic carbocycles. The van der Waals surface area contributed by atoms with E-state index in [0.717, 1.165) is 0 Å². The smallest absolute Gasteiger partial charge is 0.163 e. The lowest BCUT2D eigenvalue weighted by Gasteiger charge is -2.04. The third kappa shape index (κ3) is 3.95. The molecule has 0 aromatic heterocycles. The van der Waals surface area contributed by atoms with Gasteiger partial charge in [-0.3, -0.25) is 4.79 Å². The maximum Gasteiger partial charge on any atom is 0.163 e. The molecule has 0 aliphatic rings. The summed E-state index contributed by atoms with van der Waals surface area (Å²) >= 11 is 17.4. The molecule has 0 N–H and O–H groups in total. The van der Waals surface area contributed by atoms with Crippen molar-refractivity contribution in [1.82, 2.24) is 0 Å². The van der Waals surface area contributed by atoms with Crippen LogP contribution in [-0.4, -0.2) is 5.78 Å². The summed E-state index contributed by atoms with van der Waals surface area (Å²) in [6, 6.07) is 8.97. The second kappa shape index (κ2) is 6.57. The number of aryl methyl sites for hydroxylation is 1. The van der Waals surface area contributed by atoms with Crippen molar-refractivity contribution >= 4 is 40.6 Å². The first kappa shape index (κ1) is 15.3. The number of Topliss-reactive ketones (excluding diaryl/α,β-unsaturated/α-hetero) is 1. The number of carbonyl (C=O) groups is 1. The standard InChI is InChI=1S/C15H10Cl3FO/c16-11-5-9(6-12(19)8-11)1-4-15(20)10-2-3-13(17)14(18)7-10/h2-3,5-8H,1,4H2. The number of hydrogen-bond donors (Lipinski definition) is 0. The Balaban J connectivity index is 2.06. The minimum Gasteiger partial charge on any atom is -0.294 e. The van der Waals surface area contributed by atoms with Crippen LogP contribution in [0.2, 0.25) is 15.1 Å². The van der Waals surface area contributed by atoms with Crippen molar-refractivity contribution in [3.8, 4) is 0 Å². The fourth-order valence-corrected chi connectivity index (χ4v) is 2.37. The molecular formula is C15H10Cl3FO. The molecule has 0 radical (unpaired) electrons. The van der Waals surface area contributed by atoms with Gasteiger partial charge in [-0.25, -0.2) is 4.39 Å². The average molecular weight is 332 g/mol. The molecule has 0 aliphatic heterocycles. The Hall–Kier alpha value is -1.09. The van der Waals surface area contributed by atoms with E-state index in [0.29, 0.717) is 32.6 Å². The maximum absolute atomic E-state index is 13.2. The molecule has 2 rings (SSSR count). The van der Waals surface area contributed by atoms with Gasteiger partial charge in [0.05, 0.1) is 10.0 Å². The van der Waals surface area contributed by atoms with Crippen molar-refractivity contribution in [2.75, 3.05) is 0 Å². The van der Waals surface area contributed by atoms with Crippen LogP contribution in [-0.2, 0) is 6.42 Å². The molecule has 0 unspecified atom stereocenters. The fourth-order valence-electron chi connectivity index (χ4n) is 1.83. The first-order valence-corrected chi connectivity index (χ1v) is 7.02. The summed E-state index contributed by atoms with van der Waals surface area (Å²) in [5.41, 5.74) is 1.17. The number of hydrogen-bond acceptors (Lipinski definition) is 1. The van der Waals surface area contributed by atoms with Gasteiger partial charge in [0, 0.05) is 17.0 Å². The highest BCUT2D eigenvalue weighted by atomic mass is 35.5. The van der Waals surface area contributed by atoms with Gasteiger partial charge in [-0.15, -0.1) is 0 Å². The monoisotopic (exact) mass is 330 g/mol. The predicted molar refractivity (Wildman–Crippen MR) is 80.5 cm³/mol. The van der Waals surface area contributed by atoms with E-state index in [-0.39, 0.29) is 12.2 Å². The molecule has 0 spiro atoms. The molecular weight excluding hydrogens is 322 g/mol. The Bertz CT molecular complexity index is 635. The van der Waals surface area contributed by atoms with Gasteiger partial charge in [0.25, 0.3) is 0 Å². The lowest BCUT2D eigenvalue weighted by Crippen LogP contribution is -2.01. The normalized spacial score (nSPS) is 10.6. The topological polar surface area (TPSA) is 17.1 Å². The largest absolute Gasteiger partial charge is 0.294 e.